The molecule has 0 spiro atoms. The lowest BCUT2D eigenvalue weighted by atomic mass is 9.97. The van der Waals surface area contributed by atoms with Crippen molar-refractivity contribution in [1.82, 2.24) is 0 Å². The Kier molecular flexibility index (Phi) is 4.09. The van der Waals surface area contributed by atoms with E-state index in [-0.39, 0.29) is 5.75 Å². The molecule has 0 aromatic heterocycles. The van der Waals surface area contributed by atoms with Gasteiger partial charge in [0.05, 0.1) is 0 Å². The Morgan fingerprint density at radius 3 is 2.16 bits per heavy atom. The van der Waals surface area contributed by atoms with Crippen molar-refractivity contribution in [1.29, 1.82) is 0 Å². The van der Waals surface area contributed by atoms with Crippen LogP contribution in [0.4, 0.5) is 0 Å². The van der Waals surface area contributed by atoms with Gasteiger partial charge in [0.1, 0.15) is 18.1 Å². The summed E-state index contributed by atoms with van der Waals surface area (Å²) in [6.07, 6.45) is 0. The minimum atomic E-state index is 0.265. The van der Waals surface area contributed by atoms with Crippen molar-refractivity contribution in [2.45, 2.75) is 6.61 Å². The van der Waals surface area contributed by atoms with E-state index < -0.39 is 0 Å². The Morgan fingerprint density at radius 1 is 0.680 bits per heavy atom. The number of aromatic hydroxyl groups is 1. The molecule has 4 rings (SSSR count). The van der Waals surface area contributed by atoms with Gasteiger partial charge >= 0.3 is 0 Å². The van der Waals surface area contributed by atoms with Gasteiger partial charge in [-0.3, -0.25) is 0 Å². The second kappa shape index (κ2) is 6.70. The molecule has 0 fully saturated rings. The van der Waals surface area contributed by atoms with Crippen LogP contribution >= 0.6 is 0 Å². The lowest BCUT2D eigenvalue weighted by Crippen LogP contribution is -1.96. The van der Waals surface area contributed by atoms with Crippen molar-refractivity contribution < 1.29 is 9.84 Å². The highest BCUT2D eigenvalue weighted by Crippen LogP contribution is 2.39. The molecule has 0 aliphatic rings. The Morgan fingerprint density at radius 2 is 1.40 bits per heavy atom. The molecule has 4 aromatic rings. The van der Waals surface area contributed by atoms with Gasteiger partial charge < -0.3 is 9.84 Å². The molecule has 0 bridgehead atoms. The molecular formula is C23H18O2. The molecule has 0 radical (unpaired) electrons. The molecule has 0 amide bonds. The Labute approximate surface area is 146 Å². The van der Waals surface area contributed by atoms with Crippen LogP contribution in [0.1, 0.15) is 5.56 Å². The third kappa shape index (κ3) is 3.07. The smallest absolute Gasteiger partial charge is 0.127 e. The topological polar surface area (TPSA) is 29.5 Å². The van der Waals surface area contributed by atoms with E-state index >= 15 is 0 Å². The van der Waals surface area contributed by atoms with Crippen LogP contribution in [0.25, 0.3) is 21.9 Å². The second-order valence-corrected chi connectivity index (χ2v) is 5.95. The molecule has 2 nitrogen and oxygen atoms in total. The fraction of sp³-hybridized carbons (Fsp3) is 0.0435. The largest absolute Gasteiger partial charge is 0.507 e. The standard InChI is InChI=1S/C23H18O2/c24-21-13-7-12-20-22(25-16-17-8-3-1-4-9-17)15-14-19(23(20)21)18-10-5-2-6-11-18/h1-15,24H,16H2. The molecule has 0 atom stereocenters. The number of phenolic OH excluding ortho intramolecular Hbond substituents is 1. The number of hydrogen-bond donors (Lipinski definition) is 1. The fourth-order valence-corrected chi connectivity index (χ4v) is 3.08. The Hall–Kier alpha value is -3.26. The van der Waals surface area contributed by atoms with E-state index in [2.05, 4.69) is 0 Å². The molecule has 0 saturated heterocycles. The highest BCUT2D eigenvalue weighted by Gasteiger charge is 2.12. The van der Waals surface area contributed by atoms with Gasteiger partial charge in [-0.05, 0) is 34.9 Å². The molecule has 2 heteroatoms. The maximum Gasteiger partial charge on any atom is 0.127 e. The zero-order chi connectivity index (χ0) is 17.1. The fourth-order valence-electron chi connectivity index (χ4n) is 3.08. The first-order valence-electron chi connectivity index (χ1n) is 8.30. The van der Waals surface area contributed by atoms with Crippen molar-refractivity contribution in [3.63, 3.8) is 0 Å². The Balaban J connectivity index is 1.79. The van der Waals surface area contributed by atoms with Crippen LogP contribution in [0.5, 0.6) is 11.5 Å². The third-order valence-electron chi connectivity index (χ3n) is 4.30. The minimum Gasteiger partial charge on any atom is -0.507 e. The number of rotatable bonds is 4. The van der Waals surface area contributed by atoms with E-state index in [0.717, 1.165) is 33.2 Å². The molecule has 0 aliphatic heterocycles. The van der Waals surface area contributed by atoms with E-state index in [4.69, 9.17) is 4.74 Å². The van der Waals surface area contributed by atoms with Crippen LogP contribution in [0.3, 0.4) is 0 Å². The summed E-state index contributed by atoms with van der Waals surface area (Å²) in [6.45, 7) is 0.496. The maximum absolute atomic E-state index is 10.5. The van der Waals surface area contributed by atoms with Crippen LogP contribution in [0.15, 0.2) is 91.0 Å². The first-order valence-corrected chi connectivity index (χ1v) is 8.30. The van der Waals surface area contributed by atoms with Gasteiger partial charge in [-0.15, -0.1) is 0 Å². The molecule has 1 N–H and O–H groups in total. The average Bonchev–Trinajstić information content (AvgIpc) is 2.68. The van der Waals surface area contributed by atoms with Crippen LogP contribution in [-0.4, -0.2) is 5.11 Å². The first-order chi connectivity index (χ1) is 12.3. The molecule has 0 aliphatic carbocycles. The van der Waals surface area contributed by atoms with E-state index in [1.807, 2.05) is 84.9 Å². The molecule has 0 saturated carbocycles. The number of phenols is 1. The molecule has 0 heterocycles. The van der Waals surface area contributed by atoms with E-state index in [9.17, 15) is 5.11 Å². The van der Waals surface area contributed by atoms with Gasteiger partial charge in [0.25, 0.3) is 0 Å². The van der Waals surface area contributed by atoms with Crippen LogP contribution in [0.2, 0.25) is 0 Å². The zero-order valence-corrected chi connectivity index (χ0v) is 13.7. The number of benzene rings is 4. The summed E-state index contributed by atoms with van der Waals surface area (Å²) in [7, 11) is 0. The summed E-state index contributed by atoms with van der Waals surface area (Å²) < 4.78 is 6.04. The molecule has 4 aromatic carbocycles. The predicted molar refractivity (Wildman–Crippen MR) is 102 cm³/mol. The molecule has 25 heavy (non-hydrogen) atoms. The highest BCUT2D eigenvalue weighted by atomic mass is 16.5. The number of fused-ring (bicyclic) bond motifs is 1. The van der Waals surface area contributed by atoms with Gasteiger partial charge in [0.15, 0.2) is 0 Å². The second-order valence-electron chi connectivity index (χ2n) is 5.95. The summed E-state index contributed by atoms with van der Waals surface area (Å²) in [6, 6.07) is 29.7. The van der Waals surface area contributed by atoms with Crippen LogP contribution < -0.4 is 4.74 Å². The predicted octanol–water partition coefficient (Wildman–Crippen LogP) is 5.79. The van der Waals surface area contributed by atoms with Gasteiger partial charge in [-0.2, -0.15) is 0 Å². The summed E-state index contributed by atoms with van der Waals surface area (Å²) >= 11 is 0. The normalized spacial score (nSPS) is 10.7. The lowest BCUT2D eigenvalue weighted by molar-refractivity contribution is 0.310. The monoisotopic (exact) mass is 326 g/mol. The number of ether oxygens (including phenoxy) is 1. The number of hydrogen-bond acceptors (Lipinski definition) is 2. The van der Waals surface area contributed by atoms with Crippen molar-refractivity contribution in [3.05, 3.63) is 96.6 Å². The third-order valence-corrected chi connectivity index (χ3v) is 4.30. The van der Waals surface area contributed by atoms with Gasteiger partial charge in [0, 0.05) is 10.8 Å². The van der Waals surface area contributed by atoms with Crippen LogP contribution in [-0.2, 0) is 6.61 Å². The van der Waals surface area contributed by atoms with E-state index in [1.54, 1.807) is 6.07 Å². The lowest BCUT2D eigenvalue weighted by Gasteiger charge is -2.14. The molecule has 122 valence electrons. The van der Waals surface area contributed by atoms with Crippen molar-refractivity contribution in [3.8, 4) is 22.6 Å². The SMILES string of the molecule is Oc1cccc2c(OCc3ccccc3)ccc(-c3ccccc3)c12. The van der Waals surface area contributed by atoms with Crippen LogP contribution in [0, 0.1) is 0 Å². The maximum atomic E-state index is 10.5. The Bertz CT molecular complexity index is 992. The summed E-state index contributed by atoms with van der Waals surface area (Å²) in [5.41, 5.74) is 3.19. The summed E-state index contributed by atoms with van der Waals surface area (Å²) in [5, 5.41) is 12.2. The van der Waals surface area contributed by atoms with Crippen molar-refractivity contribution >= 4 is 10.8 Å². The quantitative estimate of drug-likeness (QED) is 0.514. The van der Waals surface area contributed by atoms with Crippen molar-refractivity contribution in [2.75, 3.05) is 0 Å². The summed E-state index contributed by atoms with van der Waals surface area (Å²) in [5.74, 6) is 1.04. The van der Waals surface area contributed by atoms with E-state index in [0.29, 0.717) is 6.61 Å². The van der Waals surface area contributed by atoms with Gasteiger partial charge in [-0.1, -0.05) is 72.8 Å². The average molecular weight is 326 g/mol. The van der Waals surface area contributed by atoms with Gasteiger partial charge in [-0.25, -0.2) is 0 Å². The first kappa shape index (κ1) is 15.3. The van der Waals surface area contributed by atoms with Gasteiger partial charge in [0.2, 0.25) is 0 Å². The minimum absolute atomic E-state index is 0.265. The highest BCUT2D eigenvalue weighted by molar-refractivity contribution is 6.03. The van der Waals surface area contributed by atoms with Crippen molar-refractivity contribution in [2.24, 2.45) is 0 Å². The van der Waals surface area contributed by atoms with E-state index in [1.165, 1.54) is 0 Å². The zero-order valence-electron chi connectivity index (χ0n) is 13.7. The molecular weight excluding hydrogens is 308 g/mol. The summed E-state index contributed by atoms with van der Waals surface area (Å²) in [4.78, 5) is 0. The molecule has 0 unspecified atom stereocenters.